The average Bonchev–Trinajstić information content (AvgIpc) is 2.93. The van der Waals surface area contributed by atoms with E-state index in [1.54, 1.807) is 48.5 Å². The predicted molar refractivity (Wildman–Crippen MR) is 146 cm³/mol. The molecule has 4 aromatic carbocycles. The first-order valence-electron chi connectivity index (χ1n) is 12.2. The fourth-order valence-electron chi connectivity index (χ4n) is 3.61. The van der Waals surface area contributed by atoms with Crippen LogP contribution < -0.4 is 14.4 Å². The topological polar surface area (TPSA) is 73.9 Å². The van der Waals surface area contributed by atoms with E-state index in [0.29, 0.717) is 29.4 Å². The van der Waals surface area contributed by atoms with Crippen molar-refractivity contribution in [3.63, 3.8) is 0 Å². The zero-order chi connectivity index (χ0) is 25.9. The molecule has 0 aromatic heterocycles. The van der Waals surface area contributed by atoms with E-state index < -0.39 is 13.4 Å². The van der Waals surface area contributed by atoms with Gasteiger partial charge in [0.2, 0.25) is 0 Å². The number of esters is 1. The number of rotatable bonds is 12. The van der Waals surface area contributed by atoms with Crippen LogP contribution in [-0.2, 0) is 9.30 Å². The molecule has 0 fully saturated rings. The third kappa shape index (κ3) is 7.25. The van der Waals surface area contributed by atoms with Gasteiger partial charge in [-0.2, -0.15) is 0 Å². The van der Waals surface area contributed by atoms with Crippen molar-refractivity contribution in [2.45, 2.75) is 25.5 Å². The summed E-state index contributed by atoms with van der Waals surface area (Å²) in [5.74, 6) is -0.370. The molecule has 0 spiro atoms. The van der Waals surface area contributed by atoms with Crippen molar-refractivity contribution < 1.29 is 23.1 Å². The molecule has 0 saturated carbocycles. The van der Waals surface area contributed by atoms with Crippen molar-refractivity contribution in [2.75, 3.05) is 11.9 Å². The highest BCUT2D eigenvalue weighted by molar-refractivity contribution is 7.55. The molecule has 6 nitrogen and oxygen atoms in total. The molecule has 0 aliphatic rings. The Labute approximate surface area is 217 Å². The van der Waals surface area contributed by atoms with Gasteiger partial charge in [0, 0.05) is 5.69 Å². The normalized spacial score (nSPS) is 11.8. The number of carbonyl (C=O) groups excluding carboxylic acids is 1. The Morgan fingerprint density at radius 3 is 1.78 bits per heavy atom. The van der Waals surface area contributed by atoms with Crippen molar-refractivity contribution in [3.05, 3.63) is 126 Å². The van der Waals surface area contributed by atoms with Gasteiger partial charge in [-0.25, -0.2) is 9.36 Å². The maximum Gasteiger partial charge on any atom is 0.457 e. The third-order valence-corrected chi connectivity index (χ3v) is 7.53. The van der Waals surface area contributed by atoms with Crippen LogP contribution in [-0.4, -0.2) is 12.6 Å². The lowest BCUT2D eigenvalue weighted by Crippen LogP contribution is -2.18. The van der Waals surface area contributed by atoms with E-state index in [0.717, 1.165) is 18.4 Å². The van der Waals surface area contributed by atoms with Gasteiger partial charge in [-0.3, -0.25) is 0 Å². The van der Waals surface area contributed by atoms with Gasteiger partial charge in [-0.1, -0.05) is 80.1 Å². The van der Waals surface area contributed by atoms with Gasteiger partial charge in [0.05, 0.1) is 12.2 Å². The SMILES string of the molecule is CCCCOC(=O)c1ccc(N[C@H](c2ccccc2)P(=O)(Oc2ccccc2)Oc2ccccc2)cc1. The lowest BCUT2D eigenvalue weighted by molar-refractivity contribution is 0.0499. The molecule has 1 atom stereocenters. The van der Waals surface area contributed by atoms with Gasteiger partial charge in [0.15, 0.2) is 5.78 Å². The van der Waals surface area contributed by atoms with E-state index in [-0.39, 0.29) is 5.97 Å². The van der Waals surface area contributed by atoms with Gasteiger partial charge < -0.3 is 19.1 Å². The van der Waals surface area contributed by atoms with Gasteiger partial charge in [-0.15, -0.1) is 0 Å². The Balaban J connectivity index is 1.66. The summed E-state index contributed by atoms with van der Waals surface area (Å²) in [6.45, 7) is 2.43. The lowest BCUT2D eigenvalue weighted by Gasteiger charge is -2.29. The number of ether oxygens (including phenoxy) is 1. The second-order valence-electron chi connectivity index (χ2n) is 8.37. The molecule has 0 amide bonds. The average molecular weight is 516 g/mol. The maximum atomic E-state index is 14.6. The fraction of sp³-hybridized carbons (Fsp3) is 0.167. The Morgan fingerprint density at radius 2 is 1.27 bits per heavy atom. The smallest absolute Gasteiger partial charge is 0.457 e. The molecule has 0 heterocycles. The molecule has 37 heavy (non-hydrogen) atoms. The summed E-state index contributed by atoms with van der Waals surface area (Å²) in [7, 11) is -3.91. The standard InChI is InChI=1S/C30H30NO5P/c1-2-3-23-34-30(32)25-19-21-26(22-20-25)31-29(24-13-7-4-8-14-24)37(33,35-27-15-9-5-10-16-27)36-28-17-11-6-12-18-28/h4-22,29,31H,2-3,23H2,1H3/t29-/m0/s1. The largest absolute Gasteiger partial charge is 0.462 e. The molecule has 0 radical (unpaired) electrons. The number of nitrogens with one attached hydrogen (secondary N) is 1. The predicted octanol–water partition coefficient (Wildman–Crippen LogP) is 8.11. The van der Waals surface area contributed by atoms with Crippen LogP contribution in [0.5, 0.6) is 11.5 Å². The molecule has 0 unspecified atom stereocenters. The van der Waals surface area contributed by atoms with Crippen LogP contribution in [0.3, 0.4) is 0 Å². The van der Waals surface area contributed by atoms with E-state index in [4.69, 9.17) is 13.8 Å². The van der Waals surface area contributed by atoms with E-state index in [1.807, 2.05) is 73.7 Å². The van der Waals surface area contributed by atoms with Crippen LogP contribution in [0.25, 0.3) is 0 Å². The Kier molecular flexibility index (Phi) is 9.01. The molecule has 7 heteroatoms. The molecule has 0 aliphatic carbocycles. The number of hydrogen-bond acceptors (Lipinski definition) is 6. The van der Waals surface area contributed by atoms with Crippen molar-refractivity contribution in [3.8, 4) is 11.5 Å². The number of para-hydroxylation sites is 2. The highest BCUT2D eigenvalue weighted by Gasteiger charge is 2.41. The molecule has 1 N–H and O–H groups in total. The summed E-state index contributed by atoms with van der Waals surface area (Å²) in [4.78, 5) is 12.3. The minimum atomic E-state index is -3.91. The summed E-state index contributed by atoms with van der Waals surface area (Å²) < 4.78 is 32.1. The maximum absolute atomic E-state index is 14.6. The van der Waals surface area contributed by atoms with Crippen LogP contribution in [0.2, 0.25) is 0 Å². The second-order valence-corrected chi connectivity index (χ2v) is 10.3. The van der Waals surface area contributed by atoms with Crippen molar-refractivity contribution in [1.82, 2.24) is 0 Å². The van der Waals surface area contributed by atoms with Gasteiger partial charge in [0.1, 0.15) is 11.5 Å². The summed E-state index contributed by atoms with van der Waals surface area (Å²) in [5.41, 5.74) is 1.82. The third-order valence-electron chi connectivity index (χ3n) is 5.54. The molecule has 190 valence electrons. The zero-order valence-corrected chi connectivity index (χ0v) is 21.6. The number of anilines is 1. The quantitative estimate of drug-likeness (QED) is 0.117. The van der Waals surface area contributed by atoms with Crippen LogP contribution >= 0.6 is 7.60 Å². The Hall–Kier alpha value is -4.02. The van der Waals surface area contributed by atoms with Crippen LogP contribution in [0.4, 0.5) is 5.69 Å². The second kappa shape index (κ2) is 12.8. The van der Waals surface area contributed by atoms with E-state index >= 15 is 0 Å². The number of carbonyl (C=O) groups is 1. The van der Waals surface area contributed by atoms with Crippen molar-refractivity contribution in [1.29, 1.82) is 0 Å². The monoisotopic (exact) mass is 515 g/mol. The number of unbranched alkanes of at least 4 members (excludes halogenated alkanes) is 1. The number of benzene rings is 4. The van der Waals surface area contributed by atoms with E-state index in [9.17, 15) is 9.36 Å². The molecule has 0 bridgehead atoms. The number of hydrogen-bond donors (Lipinski definition) is 1. The molecule has 0 aliphatic heterocycles. The summed E-state index contributed by atoms with van der Waals surface area (Å²) in [5, 5.41) is 3.33. The van der Waals surface area contributed by atoms with Crippen LogP contribution in [0, 0.1) is 0 Å². The Bertz CT molecular complexity index is 1250. The molecular weight excluding hydrogens is 485 g/mol. The minimum Gasteiger partial charge on any atom is -0.462 e. The first-order chi connectivity index (χ1) is 18.1. The first kappa shape index (κ1) is 26.1. The van der Waals surface area contributed by atoms with Crippen molar-refractivity contribution >= 4 is 19.3 Å². The van der Waals surface area contributed by atoms with E-state index in [2.05, 4.69) is 5.32 Å². The summed E-state index contributed by atoms with van der Waals surface area (Å²) >= 11 is 0. The Morgan fingerprint density at radius 1 is 0.757 bits per heavy atom. The highest BCUT2D eigenvalue weighted by atomic mass is 31.2. The lowest BCUT2D eigenvalue weighted by atomic mass is 10.2. The zero-order valence-electron chi connectivity index (χ0n) is 20.7. The van der Waals surface area contributed by atoms with Gasteiger partial charge in [0.25, 0.3) is 0 Å². The first-order valence-corrected chi connectivity index (χ1v) is 13.9. The minimum absolute atomic E-state index is 0.370. The molecule has 4 rings (SSSR count). The van der Waals surface area contributed by atoms with E-state index in [1.165, 1.54) is 0 Å². The fourth-order valence-corrected chi connectivity index (χ4v) is 5.54. The molecule has 4 aromatic rings. The van der Waals surface area contributed by atoms with Gasteiger partial charge in [-0.05, 0) is 60.5 Å². The molecular formula is C30H30NO5P. The van der Waals surface area contributed by atoms with Crippen molar-refractivity contribution in [2.24, 2.45) is 0 Å². The molecule has 0 saturated heterocycles. The highest BCUT2D eigenvalue weighted by Crippen LogP contribution is 2.60. The van der Waals surface area contributed by atoms with Gasteiger partial charge >= 0.3 is 13.6 Å². The summed E-state index contributed by atoms with van der Waals surface area (Å²) in [6, 6.07) is 34.1. The van der Waals surface area contributed by atoms with Crippen LogP contribution in [0.15, 0.2) is 115 Å². The van der Waals surface area contributed by atoms with Crippen LogP contribution in [0.1, 0.15) is 41.5 Å². The summed E-state index contributed by atoms with van der Waals surface area (Å²) in [6.07, 6.45) is 1.77.